The Morgan fingerprint density at radius 2 is 1.82 bits per heavy atom. The van der Waals surface area contributed by atoms with E-state index in [2.05, 4.69) is 0 Å². The number of carbonyl (C=O) groups is 2. The maximum atomic E-state index is 13.6. The van der Waals surface area contributed by atoms with E-state index in [9.17, 15) is 24.2 Å². The van der Waals surface area contributed by atoms with Gasteiger partial charge in [-0.15, -0.1) is 0 Å². The van der Waals surface area contributed by atoms with Gasteiger partial charge in [-0.1, -0.05) is 19.9 Å². The smallest absolute Gasteiger partial charge is 0.314 e. The molecule has 0 bridgehead atoms. The van der Waals surface area contributed by atoms with E-state index in [-0.39, 0.29) is 17.2 Å². The van der Waals surface area contributed by atoms with Crippen LogP contribution >= 0.6 is 0 Å². The number of hydrogen-bond acceptors (Lipinski definition) is 3. The number of aromatic nitrogens is 1. The van der Waals surface area contributed by atoms with Crippen LogP contribution in [-0.4, -0.2) is 26.7 Å². The molecule has 2 aromatic carbocycles. The van der Waals surface area contributed by atoms with Crippen LogP contribution in [0.2, 0.25) is 0 Å². The van der Waals surface area contributed by atoms with Gasteiger partial charge in [-0.25, -0.2) is 4.39 Å². The van der Waals surface area contributed by atoms with Gasteiger partial charge in [0.05, 0.1) is 10.9 Å². The molecule has 0 aliphatic heterocycles. The fourth-order valence-corrected chi connectivity index (χ4v) is 3.72. The standard InChI is InChI=1S/C22H22FNO4/c1-12(2)22(4,21(27)28)19-13(3)24(18-9-8-16(25)11-17(18)19)20(26)14-6-5-7-15(23)10-14/h5-12,25H,1-4H3,(H,27,28)/t22-/m1/s1. The number of halogens is 1. The maximum absolute atomic E-state index is 13.6. The van der Waals surface area contributed by atoms with Crippen LogP contribution in [0.25, 0.3) is 10.9 Å². The molecule has 1 heterocycles. The Kier molecular flexibility index (Phi) is 4.75. The highest BCUT2D eigenvalue weighted by Crippen LogP contribution is 2.42. The zero-order valence-electron chi connectivity index (χ0n) is 16.2. The lowest BCUT2D eigenvalue weighted by atomic mass is 9.72. The molecule has 0 fully saturated rings. The van der Waals surface area contributed by atoms with Crippen molar-refractivity contribution < 1.29 is 24.2 Å². The van der Waals surface area contributed by atoms with E-state index in [4.69, 9.17) is 0 Å². The first-order valence-electron chi connectivity index (χ1n) is 8.97. The van der Waals surface area contributed by atoms with Crippen molar-refractivity contribution in [1.82, 2.24) is 4.57 Å². The SMILES string of the molecule is Cc1c([C@](C)(C(=O)O)C(C)C)c2cc(O)ccc2n1C(=O)c1cccc(F)c1. The fraction of sp³-hybridized carbons (Fsp3) is 0.273. The summed E-state index contributed by atoms with van der Waals surface area (Å²) < 4.78 is 15.0. The number of carbonyl (C=O) groups excluding carboxylic acids is 1. The Labute approximate surface area is 162 Å². The molecule has 5 nitrogen and oxygen atoms in total. The molecule has 0 radical (unpaired) electrons. The number of phenols is 1. The molecule has 0 amide bonds. The summed E-state index contributed by atoms with van der Waals surface area (Å²) in [5, 5.41) is 20.5. The maximum Gasteiger partial charge on any atom is 0.314 e. The van der Waals surface area contributed by atoms with Crippen LogP contribution in [0.3, 0.4) is 0 Å². The number of aromatic hydroxyl groups is 1. The number of rotatable bonds is 4. The molecule has 1 atom stereocenters. The number of carboxylic acids is 1. The molecule has 0 saturated heterocycles. The van der Waals surface area contributed by atoms with Crippen LogP contribution in [0, 0.1) is 18.7 Å². The van der Waals surface area contributed by atoms with E-state index in [1.54, 1.807) is 33.8 Å². The summed E-state index contributed by atoms with van der Waals surface area (Å²) in [5.41, 5.74) is 0.247. The van der Waals surface area contributed by atoms with Gasteiger partial charge >= 0.3 is 5.97 Å². The highest BCUT2D eigenvalue weighted by Gasteiger charge is 2.43. The Hall–Kier alpha value is -3.15. The van der Waals surface area contributed by atoms with Gasteiger partial charge in [0.2, 0.25) is 0 Å². The van der Waals surface area contributed by atoms with Gasteiger partial charge in [-0.2, -0.15) is 0 Å². The summed E-state index contributed by atoms with van der Waals surface area (Å²) in [6.45, 7) is 6.89. The van der Waals surface area contributed by atoms with E-state index in [0.717, 1.165) is 6.07 Å². The minimum atomic E-state index is -1.29. The number of fused-ring (bicyclic) bond motifs is 1. The Morgan fingerprint density at radius 3 is 2.39 bits per heavy atom. The second-order valence-electron chi connectivity index (χ2n) is 7.47. The van der Waals surface area contributed by atoms with Crippen LogP contribution in [0.1, 0.15) is 42.4 Å². The fourth-order valence-electron chi connectivity index (χ4n) is 3.72. The Bertz CT molecular complexity index is 1100. The van der Waals surface area contributed by atoms with E-state index < -0.39 is 23.1 Å². The first-order chi connectivity index (χ1) is 13.1. The van der Waals surface area contributed by atoms with Crippen LogP contribution in [0.4, 0.5) is 4.39 Å². The second kappa shape index (κ2) is 6.78. The van der Waals surface area contributed by atoms with Crippen LogP contribution in [0.5, 0.6) is 5.75 Å². The average Bonchev–Trinajstić information content (AvgIpc) is 2.91. The molecule has 2 N–H and O–H groups in total. The van der Waals surface area contributed by atoms with Gasteiger partial charge in [-0.05, 0) is 61.7 Å². The second-order valence-corrected chi connectivity index (χ2v) is 7.47. The molecular formula is C22H22FNO4. The Balaban J connectivity index is 2.39. The molecule has 0 saturated carbocycles. The van der Waals surface area contributed by atoms with E-state index in [1.807, 2.05) is 0 Å². The highest BCUT2D eigenvalue weighted by atomic mass is 19.1. The number of hydrogen-bond donors (Lipinski definition) is 2. The van der Waals surface area contributed by atoms with Gasteiger partial charge in [0, 0.05) is 16.6 Å². The third-order valence-corrected chi connectivity index (χ3v) is 5.58. The lowest BCUT2D eigenvalue weighted by Gasteiger charge is -2.30. The van der Waals surface area contributed by atoms with Crippen molar-refractivity contribution in [2.24, 2.45) is 5.92 Å². The van der Waals surface area contributed by atoms with Crippen molar-refractivity contribution in [3.63, 3.8) is 0 Å². The zero-order valence-corrected chi connectivity index (χ0v) is 16.2. The van der Waals surface area contributed by atoms with Gasteiger partial charge in [0.25, 0.3) is 5.91 Å². The normalized spacial score (nSPS) is 13.6. The topological polar surface area (TPSA) is 79.5 Å². The van der Waals surface area contributed by atoms with Crippen LogP contribution in [-0.2, 0) is 10.2 Å². The molecule has 1 aromatic heterocycles. The number of nitrogens with zero attached hydrogens (tertiary/aromatic N) is 1. The van der Waals surface area contributed by atoms with E-state index >= 15 is 0 Å². The minimum absolute atomic E-state index is 0.0272. The first-order valence-corrected chi connectivity index (χ1v) is 8.97. The summed E-state index contributed by atoms with van der Waals surface area (Å²) in [5.74, 6) is -2.33. The minimum Gasteiger partial charge on any atom is -0.508 e. The summed E-state index contributed by atoms with van der Waals surface area (Å²) in [4.78, 5) is 25.4. The molecule has 3 rings (SSSR count). The molecule has 0 aliphatic carbocycles. The van der Waals surface area contributed by atoms with E-state index in [1.165, 1.54) is 34.9 Å². The average molecular weight is 383 g/mol. The van der Waals surface area contributed by atoms with Crippen molar-refractivity contribution in [2.75, 3.05) is 0 Å². The third-order valence-electron chi connectivity index (χ3n) is 5.58. The summed E-state index contributed by atoms with van der Waals surface area (Å²) >= 11 is 0. The molecule has 146 valence electrons. The zero-order chi connectivity index (χ0) is 20.8. The number of benzene rings is 2. The summed E-state index contributed by atoms with van der Waals surface area (Å²) in [7, 11) is 0. The van der Waals surface area contributed by atoms with Gasteiger partial charge in [0.1, 0.15) is 11.6 Å². The van der Waals surface area contributed by atoms with Crippen molar-refractivity contribution in [1.29, 1.82) is 0 Å². The predicted molar refractivity (Wildman–Crippen MR) is 104 cm³/mol. The van der Waals surface area contributed by atoms with Crippen molar-refractivity contribution in [3.05, 3.63) is 65.1 Å². The van der Waals surface area contributed by atoms with E-state index in [0.29, 0.717) is 22.2 Å². The molecule has 28 heavy (non-hydrogen) atoms. The third kappa shape index (κ3) is 2.85. The summed E-state index contributed by atoms with van der Waals surface area (Å²) in [6.07, 6.45) is 0. The number of aliphatic carboxylic acids is 1. The first kappa shape index (κ1) is 19.6. The largest absolute Gasteiger partial charge is 0.508 e. The van der Waals surface area contributed by atoms with Gasteiger partial charge in [-0.3, -0.25) is 14.2 Å². The lowest BCUT2D eigenvalue weighted by molar-refractivity contribution is -0.145. The molecule has 0 aliphatic rings. The molecule has 0 spiro atoms. The van der Waals surface area contributed by atoms with Crippen LogP contribution in [0.15, 0.2) is 42.5 Å². The predicted octanol–water partition coefficient (Wildman–Crippen LogP) is 4.48. The number of phenolic OH excluding ortho intramolecular Hbond substituents is 1. The van der Waals surface area contributed by atoms with Crippen molar-refractivity contribution >= 4 is 22.8 Å². The Morgan fingerprint density at radius 1 is 1.14 bits per heavy atom. The highest BCUT2D eigenvalue weighted by molar-refractivity contribution is 6.05. The monoisotopic (exact) mass is 383 g/mol. The number of carboxylic acid groups (broad SMARTS) is 1. The van der Waals surface area contributed by atoms with Gasteiger partial charge < -0.3 is 10.2 Å². The molecular weight excluding hydrogens is 361 g/mol. The van der Waals surface area contributed by atoms with Crippen molar-refractivity contribution in [3.8, 4) is 5.75 Å². The molecule has 0 unspecified atom stereocenters. The van der Waals surface area contributed by atoms with Crippen LogP contribution < -0.4 is 0 Å². The molecule has 3 aromatic rings. The quantitative estimate of drug-likeness (QED) is 0.696. The van der Waals surface area contributed by atoms with Gasteiger partial charge in [0.15, 0.2) is 0 Å². The lowest BCUT2D eigenvalue weighted by Crippen LogP contribution is -2.38. The summed E-state index contributed by atoms with van der Waals surface area (Å²) in [6, 6.07) is 9.83. The molecule has 6 heteroatoms. The van der Waals surface area contributed by atoms with Crippen molar-refractivity contribution in [2.45, 2.75) is 33.1 Å².